The predicted octanol–water partition coefficient (Wildman–Crippen LogP) is 0.424. The van der Waals surface area contributed by atoms with E-state index in [1.807, 2.05) is 0 Å². The van der Waals surface area contributed by atoms with Crippen LogP contribution in [0.1, 0.15) is 40.5 Å². The van der Waals surface area contributed by atoms with Crippen LogP contribution in [0.15, 0.2) is 0 Å². The van der Waals surface area contributed by atoms with Gasteiger partial charge in [-0.3, -0.25) is 9.59 Å². The van der Waals surface area contributed by atoms with Gasteiger partial charge >= 0.3 is 0 Å². The Kier molecular flexibility index (Phi) is 4.73. The standard InChI is InChI=1S/C13H24N2O3/c1-8(15-12(18)13(2,3)4)11(17)14-7-10(16)9-5-6-9/h8-10,16H,5-7H2,1-4H3,(H,14,17)(H,15,18). The molecule has 1 aliphatic carbocycles. The van der Waals surface area contributed by atoms with Gasteiger partial charge in [0.1, 0.15) is 6.04 Å². The molecule has 1 rings (SSSR count). The number of hydrogen-bond donors (Lipinski definition) is 3. The number of carbonyl (C=O) groups is 2. The Balaban J connectivity index is 2.30. The lowest BCUT2D eigenvalue weighted by molar-refractivity contribution is -0.133. The molecule has 0 aliphatic heterocycles. The van der Waals surface area contributed by atoms with Crippen molar-refractivity contribution in [2.45, 2.75) is 52.7 Å². The zero-order valence-electron chi connectivity index (χ0n) is 11.6. The summed E-state index contributed by atoms with van der Waals surface area (Å²) >= 11 is 0. The van der Waals surface area contributed by atoms with Crippen LogP contribution in [-0.2, 0) is 9.59 Å². The molecule has 104 valence electrons. The molecule has 1 aliphatic rings. The summed E-state index contributed by atoms with van der Waals surface area (Å²) in [7, 11) is 0. The molecule has 3 N–H and O–H groups in total. The van der Waals surface area contributed by atoms with Gasteiger partial charge in [-0.1, -0.05) is 20.8 Å². The second-order valence-corrected chi connectivity index (χ2v) is 6.10. The highest BCUT2D eigenvalue weighted by Crippen LogP contribution is 2.32. The Bertz CT molecular complexity index is 319. The van der Waals surface area contributed by atoms with Gasteiger partial charge < -0.3 is 15.7 Å². The minimum Gasteiger partial charge on any atom is -0.391 e. The van der Waals surface area contributed by atoms with E-state index < -0.39 is 17.6 Å². The Morgan fingerprint density at radius 1 is 1.33 bits per heavy atom. The van der Waals surface area contributed by atoms with E-state index in [0.717, 1.165) is 12.8 Å². The molecule has 2 atom stereocenters. The molecule has 0 aromatic carbocycles. The van der Waals surface area contributed by atoms with Gasteiger partial charge in [0.05, 0.1) is 6.10 Å². The van der Waals surface area contributed by atoms with Gasteiger partial charge in [0, 0.05) is 12.0 Å². The van der Waals surface area contributed by atoms with Crippen LogP contribution in [0.2, 0.25) is 0 Å². The summed E-state index contributed by atoms with van der Waals surface area (Å²) in [5.74, 6) is -0.0787. The van der Waals surface area contributed by atoms with Crippen molar-refractivity contribution in [1.29, 1.82) is 0 Å². The van der Waals surface area contributed by atoms with Crippen LogP contribution >= 0.6 is 0 Å². The van der Waals surface area contributed by atoms with E-state index in [1.165, 1.54) is 0 Å². The number of hydrogen-bond acceptors (Lipinski definition) is 3. The first-order valence-corrected chi connectivity index (χ1v) is 6.48. The number of carbonyl (C=O) groups excluding carboxylic acids is 2. The molecule has 18 heavy (non-hydrogen) atoms. The summed E-state index contributed by atoms with van der Waals surface area (Å²) in [6, 6.07) is -0.580. The molecule has 1 saturated carbocycles. The smallest absolute Gasteiger partial charge is 0.242 e. The fourth-order valence-electron chi connectivity index (χ4n) is 1.48. The van der Waals surface area contributed by atoms with E-state index in [4.69, 9.17) is 0 Å². The van der Waals surface area contributed by atoms with Crippen LogP contribution in [0, 0.1) is 11.3 Å². The molecular weight excluding hydrogens is 232 g/mol. The minimum absolute atomic E-state index is 0.159. The lowest BCUT2D eigenvalue weighted by Crippen LogP contribution is -2.49. The van der Waals surface area contributed by atoms with Crippen LogP contribution in [0.3, 0.4) is 0 Å². The number of nitrogens with one attached hydrogen (secondary N) is 2. The summed E-state index contributed by atoms with van der Waals surface area (Å²) in [5.41, 5.74) is -0.512. The van der Waals surface area contributed by atoms with Gasteiger partial charge in [-0.2, -0.15) is 0 Å². The van der Waals surface area contributed by atoms with Gasteiger partial charge in [0.25, 0.3) is 0 Å². The van der Waals surface area contributed by atoms with E-state index in [-0.39, 0.29) is 18.4 Å². The first kappa shape index (κ1) is 15.0. The predicted molar refractivity (Wildman–Crippen MR) is 68.8 cm³/mol. The Labute approximate surface area is 108 Å². The van der Waals surface area contributed by atoms with Crippen LogP contribution in [0.4, 0.5) is 0 Å². The highest BCUT2D eigenvalue weighted by atomic mass is 16.3. The first-order valence-electron chi connectivity index (χ1n) is 6.48. The van der Waals surface area contributed by atoms with Gasteiger partial charge in [-0.25, -0.2) is 0 Å². The molecule has 0 spiro atoms. The summed E-state index contributed by atoms with van der Waals surface area (Å²) in [4.78, 5) is 23.4. The van der Waals surface area contributed by atoms with E-state index in [0.29, 0.717) is 5.92 Å². The largest absolute Gasteiger partial charge is 0.391 e. The summed E-state index contributed by atoms with van der Waals surface area (Å²) in [6.45, 7) is 7.29. The van der Waals surface area contributed by atoms with Crippen molar-refractivity contribution in [1.82, 2.24) is 10.6 Å². The van der Waals surface area contributed by atoms with Crippen molar-refractivity contribution in [3.63, 3.8) is 0 Å². The lowest BCUT2D eigenvalue weighted by atomic mass is 9.95. The monoisotopic (exact) mass is 256 g/mol. The van der Waals surface area contributed by atoms with Crippen LogP contribution < -0.4 is 10.6 Å². The Morgan fingerprint density at radius 3 is 2.33 bits per heavy atom. The average Bonchev–Trinajstić information content (AvgIpc) is 3.07. The lowest BCUT2D eigenvalue weighted by Gasteiger charge is -2.22. The maximum Gasteiger partial charge on any atom is 0.242 e. The normalized spacial score (nSPS) is 18.9. The first-order chi connectivity index (χ1) is 8.21. The van der Waals surface area contributed by atoms with Gasteiger partial charge in [0.15, 0.2) is 0 Å². The van der Waals surface area contributed by atoms with Gasteiger partial charge in [-0.05, 0) is 25.7 Å². The molecule has 2 unspecified atom stereocenters. The van der Waals surface area contributed by atoms with Crippen LogP contribution in [0.25, 0.3) is 0 Å². The molecule has 1 fully saturated rings. The number of aliphatic hydroxyl groups is 1. The molecule has 0 aromatic heterocycles. The average molecular weight is 256 g/mol. The van der Waals surface area contributed by atoms with Crippen molar-refractivity contribution in [3.8, 4) is 0 Å². The maximum atomic E-state index is 11.7. The Morgan fingerprint density at radius 2 is 1.89 bits per heavy atom. The molecule has 0 aromatic rings. The quantitative estimate of drug-likeness (QED) is 0.667. The Hall–Kier alpha value is -1.10. The number of aliphatic hydroxyl groups excluding tert-OH is 1. The van der Waals surface area contributed by atoms with Gasteiger partial charge in [0.2, 0.25) is 11.8 Å². The molecule has 0 radical (unpaired) electrons. The molecule has 5 heteroatoms. The number of amides is 2. The molecule has 2 amide bonds. The van der Waals surface area contributed by atoms with E-state index in [1.54, 1.807) is 27.7 Å². The topological polar surface area (TPSA) is 78.4 Å². The summed E-state index contributed by atoms with van der Waals surface area (Å²) < 4.78 is 0. The highest BCUT2D eigenvalue weighted by molar-refractivity contribution is 5.89. The molecule has 0 bridgehead atoms. The summed E-state index contributed by atoms with van der Waals surface area (Å²) in [6.07, 6.45) is 1.61. The second-order valence-electron chi connectivity index (χ2n) is 6.10. The van der Waals surface area contributed by atoms with E-state index in [2.05, 4.69) is 10.6 Å². The maximum absolute atomic E-state index is 11.7. The van der Waals surface area contributed by atoms with Crippen molar-refractivity contribution >= 4 is 11.8 Å². The van der Waals surface area contributed by atoms with E-state index in [9.17, 15) is 14.7 Å². The molecular formula is C13H24N2O3. The van der Waals surface area contributed by atoms with Crippen molar-refractivity contribution in [3.05, 3.63) is 0 Å². The third-order valence-electron chi connectivity index (χ3n) is 3.07. The van der Waals surface area contributed by atoms with E-state index >= 15 is 0 Å². The zero-order valence-corrected chi connectivity index (χ0v) is 11.6. The highest BCUT2D eigenvalue weighted by Gasteiger charge is 2.30. The van der Waals surface area contributed by atoms with Gasteiger partial charge in [-0.15, -0.1) is 0 Å². The van der Waals surface area contributed by atoms with Crippen molar-refractivity contribution in [2.24, 2.45) is 11.3 Å². The molecule has 5 nitrogen and oxygen atoms in total. The minimum atomic E-state index is -0.580. The fourth-order valence-corrected chi connectivity index (χ4v) is 1.48. The third kappa shape index (κ3) is 4.64. The second kappa shape index (κ2) is 5.69. The molecule has 0 saturated heterocycles. The van der Waals surface area contributed by atoms with Crippen molar-refractivity contribution in [2.75, 3.05) is 6.54 Å². The third-order valence-corrected chi connectivity index (χ3v) is 3.07. The zero-order chi connectivity index (χ0) is 13.9. The molecule has 0 heterocycles. The van der Waals surface area contributed by atoms with Crippen molar-refractivity contribution < 1.29 is 14.7 Å². The van der Waals surface area contributed by atoms with Crippen LogP contribution in [-0.4, -0.2) is 35.6 Å². The summed E-state index contributed by atoms with van der Waals surface area (Å²) in [5, 5.41) is 14.9. The fraction of sp³-hybridized carbons (Fsp3) is 0.846. The SMILES string of the molecule is CC(NC(=O)C(C)(C)C)C(=O)NCC(O)C1CC1. The van der Waals surface area contributed by atoms with Crippen LogP contribution in [0.5, 0.6) is 0 Å². The number of rotatable bonds is 5.